The third kappa shape index (κ3) is 3.18. The molecule has 0 fully saturated rings. The summed E-state index contributed by atoms with van der Waals surface area (Å²) in [6, 6.07) is 17.2. The molecule has 0 saturated heterocycles. The summed E-state index contributed by atoms with van der Waals surface area (Å²) in [5.41, 5.74) is 1.78. The second-order valence-electron chi connectivity index (χ2n) is 3.85. The average molecular weight is 226 g/mol. The lowest BCUT2D eigenvalue weighted by atomic mass is 10.1. The molecule has 17 heavy (non-hydrogen) atoms. The van der Waals surface area contributed by atoms with Crippen molar-refractivity contribution in [3.05, 3.63) is 65.7 Å². The first-order valence-electron chi connectivity index (χ1n) is 5.53. The number of carbonyl (C=O) groups is 1. The Morgan fingerprint density at radius 2 is 1.65 bits per heavy atom. The zero-order chi connectivity index (χ0) is 12.1. The van der Waals surface area contributed by atoms with E-state index in [9.17, 15) is 4.79 Å². The molecule has 0 N–H and O–H groups in total. The minimum absolute atomic E-state index is 0.0838. The van der Waals surface area contributed by atoms with Crippen molar-refractivity contribution in [2.45, 2.75) is 13.5 Å². The normalized spacial score (nSPS) is 9.94. The second-order valence-corrected chi connectivity index (χ2v) is 3.85. The highest BCUT2D eigenvalue weighted by atomic mass is 16.5. The molecule has 2 aromatic rings. The van der Waals surface area contributed by atoms with Crippen LogP contribution in [0.2, 0.25) is 0 Å². The van der Waals surface area contributed by atoms with Gasteiger partial charge < -0.3 is 4.74 Å². The SMILES string of the molecule is CC(=O)c1ccc(COc2ccccc2)cc1. The minimum atomic E-state index is 0.0838. The van der Waals surface area contributed by atoms with Crippen LogP contribution in [0.4, 0.5) is 0 Å². The van der Waals surface area contributed by atoms with E-state index in [0.29, 0.717) is 6.61 Å². The Morgan fingerprint density at radius 1 is 1.00 bits per heavy atom. The quantitative estimate of drug-likeness (QED) is 0.746. The molecule has 0 aromatic heterocycles. The summed E-state index contributed by atoms with van der Waals surface area (Å²) in [5.74, 6) is 0.934. The number of carbonyl (C=O) groups excluding carboxylic acids is 1. The van der Waals surface area contributed by atoms with Crippen molar-refractivity contribution < 1.29 is 9.53 Å². The largest absolute Gasteiger partial charge is 0.489 e. The molecule has 0 unspecified atom stereocenters. The van der Waals surface area contributed by atoms with Gasteiger partial charge in [0, 0.05) is 5.56 Å². The molecule has 2 heteroatoms. The third-order valence-electron chi connectivity index (χ3n) is 2.51. The molecule has 0 aliphatic carbocycles. The zero-order valence-corrected chi connectivity index (χ0v) is 9.72. The second kappa shape index (κ2) is 5.30. The van der Waals surface area contributed by atoms with Crippen molar-refractivity contribution in [2.24, 2.45) is 0 Å². The van der Waals surface area contributed by atoms with Crippen LogP contribution in [0.5, 0.6) is 5.75 Å². The van der Waals surface area contributed by atoms with E-state index in [4.69, 9.17) is 4.74 Å². The molecule has 0 amide bonds. The van der Waals surface area contributed by atoms with E-state index in [1.54, 1.807) is 6.92 Å². The number of benzene rings is 2. The number of hydrogen-bond donors (Lipinski definition) is 0. The zero-order valence-electron chi connectivity index (χ0n) is 9.72. The number of ketones is 1. The number of hydrogen-bond acceptors (Lipinski definition) is 2. The fourth-order valence-electron chi connectivity index (χ4n) is 1.52. The van der Waals surface area contributed by atoms with Gasteiger partial charge >= 0.3 is 0 Å². The van der Waals surface area contributed by atoms with E-state index in [0.717, 1.165) is 16.9 Å². The Labute approximate surface area is 101 Å². The standard InChI is InChI=1S/C15H14O2/c1-12(16)14-9-7-13(8-10-14)11-17-15-5-3-2-4-6-15/h2-10H,11H2,1H3. The van der Waals surface area contributed by atoms with Crippen LogP contribution in [0.25, 0.3) is 0 Å². The predicted molar refractivity (Wildman–Crippen MR) is 67.2 cm³/mol. The van der Waals surface area contributed by atoms with Crippen LogP contribution in [-0.4, -0.2) is 5.78 Å². The third-order valence-corrected chi connectivity index (χ3v) is 2.51. The van der Waals surface area contributed by atoms with Gasteiger partial charge in [0.1, 0.15) is 12.4 Å². The van der Waals surface area contributed by atoms with Crippen LogP contribution in [0.1, 0.15) is 22.8 Å². The smallest absolute Gasteiger partial charge is 0.159 e. The van der Waals surface area contributed by atoms with Crippen molar-refractivity contribution in [3.63, 3.8) is 0 Å². The van der Waals surface area contributed by atoms with E-state index >= 15 is 0 Å². The van der Waals surface area contributed by atoms with E-state index in [-0.39, 0.29) is 5.78 Å². The van der Waals surface area contributed by atoms with Crippen molar-refractivity contribution in [1.82, 2.24) is 0 Å². The van der Waals surface area contributed by atoms with E-state index in [2.05, 4.69) is 0 Å². The minimum Gasteiger partial charge on any atom is -0.489 e. The monoisotopic (exact) mass is 226 g/mol. The number of rotatable bonds is 4. The summed E-state index contributed by atoms with van der Waals surface area (Å²) >= 11 is 0. The van der Waals surface area contributed by atoms with Crippen LogP contribution in [0, 0.1) is 0 Å². The molecular weight excluding hydrogens is 212 g/mol. The summed E-state index contributed by atoms with van der Waals surface area (Å²) in [4.78, 5) is 11.1. The lowest BCUT2D eigenvalue weighted by molar-refractivity contribution is 0.101. The van der Waals surface area contributed by atoms with Crippen LogP contribution in [-0.2, 0) is 6.61 Å². The first-order chi connectivity index (χ1) is 8.25. The maximum atomic E-state index is 11.1. The Balaban J connectivity index is 1.98. The molecule has 0 saturated carbocycles. The molecule has 0 aliphatic rings. The molecule has 2 rings (SSSR count). The summed E-state index contributed by atoms with van der Waals surface area (Å²) in [7, 11) is 0. The van der Waals surface area contributed by atoms with Crippen molar-refractivity contribution >= 4 is 5.78 Å². The van der Waals surface area contributed by atoms with Gasteiger partial charge in [-0.25, -0.2) is 0 Å². The molecule has 2 aromatic carbocycles. The molecule has 0 bridgehead atoms. The summed E-state index contributed by atoms with van der Waals surface area (Å²) in [5, 5.41) is 0. The summed E-state index contributed by atoms with van der Waals surface area (Å²) in [6.45, 7) is 2.08. The highest BCUT2D eigenvalue weighted by molar-refractivity contribution is 5.93. The Hall–Kier alpha value is -2.09. The maximum Gasteiger partial charge on any atom is 0.159 e. The Bertz CT molecular complexity index is 486. The molecule has 0 heterocycles. The molecule has 2 nitrogen and oxygen atoms in total. The van der Waals surface area contributed by atoms with Crippen LogP contribution >= 0.6 is 0 Å². The molecule has 0 atom stereocenters. The van der Waals surface area contributed by atoms with Crippen molar-refractivity contribution in [3.8, 4) is 5.75 Å². The van der Waals surface area contributed by atoms with Gasteiger partial charge in [-0.1, -0.05) is 42.5 Å². The molecule has 0 spiro atoms. The van der Waals surface area contributed by atoms with Gasteiger partial charge in [0.25, 0.3) is 0 Å². The van der Waals surface area contributed by atoms with Gasteiger partial charge in [0.05, 0.1) is 0 Å². The van der Waals surface area contributed by atoms with Gasteiger partial charge in [-0.15, -0.1) is 0 Å². The van der Waals surface area contributed by atoms with Gasteiger partial charge in [0.15, 0.2) is 5.78 Å². The number of ether oxygens (including phenoxy) is 1. The number of Topliss-reactive ketones (excluding diaryl/α,β-unsaturated/α-hetero) is 1. The molecular formula is C15H14O2. The summed E-state index contributed by atoms with van der Waals surface area (Å²) < 4.78 is 5.61. The first kappa shape index (κ1) is 11.4. The van der Waals surface area contributed by atoms with Gasteiger partial charge in [-0.2, -0.15) is 0 Å². The van der Waals surface area contributed by atoms with E-state index in [1.807, 2.05) is 54.6 Å². The topological polar surface area (TPSA) is 26.3 Å². The fourth-order valence-corrected chi connectivity index (χ4v) is 1.52. The van der Waals surface area contributed by atoms with Crippen LogP contribution < -0.4 is 4.74 Å². The lowest BCUT2D eigenvalue weighted by Crippen LogP contribution is -1.97. The van der Waals surface area contributed by atoms with Gasteiger partial charge in [-0.05, 0) is 24.6 Å². The van der Waals surface area contributed by atoms with E-state index in [1.165, 1.54) is 0 Å². The Morgan fingerprint density at radius 3 is 2.24 bits per heavy atom. The Kier molecular flexibility index (Phi) is 3.55. The lowest BCUT2D eigenvalue weighted by Gasteiger charge is -2.06. The number of para-hydroxylation sites is 1. The first-order valence-corrected chi connectivity index (χ1v) is 5.53. The molecule has 0 aliphatic heterocycles. The highest BCUT2D eigenvalue weighted by Gasteiger charge is 1.99. The van der Waals surface area contributed by atoms with Crippen LogP contribution in [0.3, 0.4) is 0 Å². The summed E-state index contributed by atoms with van der Waals surface area (Å²) in [6.07, 6.45) is 0. The van der Waals surface area contributed by atoms with Gasteiger partial charge in [0.2, 0.25) is 0 Å². The van der Waals surface area contributed by atoms with Crippen LogP contribution in [0.15, 0.2) is 54.6 Å². The van der Waals surface area contributed by atoms with E-state index < -0.39 is 0 Å². The average Bonchev–Trinajstić information content (AvgIpc) is 2.38. The van der Waals surface area contributed by atoms with Crippen molar-refractivity contribution in [1.29, 1.82) is 0 Å². The van der Waals surface area contributed by atoms with Gasteiger partial charge in [-0.3, -0.25) is 4.79 Å². The molecule has 0 radical (unpaired) electrons. The maximum absolute atomic E-state index is 11.1. The molecule has 86 valence electrons. The predicted octanol–water partition coefficient (Wildman–Crippen LogP) is 3.47. The van der Waals surface area contributed by atoms with Crippen molar-refractivity contribution in [2.75, 3.05) is 0 Å². The highest BCUT2D eigenvalue weighted by Crippen LogP contribution is 2.12. The fraction of sp³-hybridized carbons (Fsp3) is 0.133.